The average molecular weight is 332 g/mol. The van der Waals surface area contributed by atoms with Crippen molar-refractivity contribution in [1.82, 2.24) is 0 Å². The van der Waals surface area contributed by atoms with Gasteiger partial charge in [-0.3, -0.25) is 4.79 Å². The topological polar surface area (TPSA) is 17.1 Å². The van der Waals surface area contributed by atoms with Crippen molar-refractivity contribution < 1.29 is 4.79 Å². The van der Waals surface area contributed by atoms with E-state index >= 15 is 0 Å². The number of hydrogen-bond donors (Lipinski definition) is 0. The first kappa shape index (κ1) is 14.9. The lowest BCUT2D eigenvalue weighted by Crippen LogP contribution is -2.00. The van der Waals surface area contributed by atoms with Crippen molar-refractivity contribution in [2.45, 2.75) is 0 Å². The van der Waals surface area contributed by atoms with Gasteiger partial charge in [0, 0.05) is 11.1 Å². The van der Waals surface area contributed by atoms with E-state index in [9.17, 15) is 4.79 Å². The highest BCUT2D eigenvalue weighted by atomic mass is 16.1. The molecule has 0 aromatic heterocycles. The number of carbonyl (C=O) groups is 1. The molecule has 5 rings (SSSR count). The molecule has 122 valence electrons. The Morgan fingerprint density at radius 3 is 1.46 bits per heavy atom. The van der Waals surface area contributed by atoms with Crippen molar-refractivity contribution in [3.8, 4) is 0 Å². The monoisotopic (exact) mass is 332 g/mol. The Balaban J connectivity index is 1.85. The van der Waals surface area contributed by atoms with E-state index in [1.807, 2.05) is 42.5 Å². The van der Waals surface area contributed by atoms with Gasteiger partial charge in [-0.2, -0.15) is 0 Å². The first-order valence-electron chi connectivity index (χ1n) is 8.76. The van der Waals surface area contributed by atoms with Gasteiger partial charge in [0.05, 0.1) is 0 Å². The smallest absolute Gasteiger partial charge is 0.193 e. The fourth-order valence-electron chi connectivity index (χ4n) is 3.81. The van der Waals surface area contributed by atoms with E-state index in [0.717, 1.165) is 16.5 Å². The van der Waals surface area contributed by atoms with Crippen molar-refractivity contribution in [3.63, 3.8) is 0 Å². The Bertz CT molecular complexity index is 1250. The van der Waals surface area contributed by atoms with Gasteiger partial charge in [-0.05, 0) is 38.4 Å². The van der Waals surface area contributed by atoms with Gasteiger partial charge >= 0.3 is 0 Å². The van der Waals surface area contributed by atoms with Gasteiger partial charge < -0.3 is 0 Å². The molecule has 0 saturated heterocycles. The molecule has 0 saturated carbocycles. The minimum Gasteiger partial charge on any atom is -0.289 e. The highest BCUT2D eigenvalue weighted by Crippen LogP contribution is 2.35. The summed E-state index contributed by atoms with van der Waals surface area (Å²) < 4.78 is 0. The van der Waals surface area contributed by atoms with Crippen LogP contribution in [0.4, 0.5) is 0 Å². The van der Waals surface area contributed by atoms with E-state index in [1.165, 1.54) is 26.9 Å². The van der Waals surface area contributed by atoms with Crippen LogP contribution >= 0.6 is 0 Å². The molecule has 0 radical (unpaired) electrons. The maximum atomic E-state index is 12.9. The number of fused-ring (bicyclic) bond motifs is 6. The number of rotatable bonds is 2. The Morgan fingerprint density at radius 1 is 0.423 bits per heavy atom. The fraction of sp³-hybridized carbons (Fsp3) is 0. The van der Waals surface area contributed by atoms with E-state index in [1.54, 1.807) is 0 Å². The van der Waals surface area contributed by atoms with Crippen LogP contribution in [-0.2, 0) is 0 Å². The Labute approximate surface area is 151 Å². The van der Waals surface area contributed by atoms with Crippen molar-refractivity contribution in [3.05, 3.63) is 108 Å². The summed E-state index contributed by atoms with van der Waals surface area (Å²) in [6, 6.07) is 32.4. The highest BCUT2D eigenvalue weighted by molar-refractivity contribution is 6.26. The van der Waals surface area contributed by atoms with Crippen molar-refractivity contribution >= 4 is 38.1 Å². The van der Waals surface area contributed by atoms with Gasteiger partial charge in [0.1, 0.15) is 0 Å². The number of hydrogen-bond acceptors (Lipinski definition) is 1. The van der Waals surface area contributed by atoms with Crippen LogP contribution in [0.25, 0.3) is 32.3 Å². The largest absolute Gasteiger partial charge is 0.289 e. The zero-order valence-corrected chi connectivity index (χ0v) is 14.1. The molecule has 0 aliphatic carbocycles. The zero-order chi connectivity index (χ0) is 17.5. The molecule has 1 heteroatoms. The third-order valence-electron chi connectivity index (χ3n) is 5.04. The maximum Gasteiger partial charge on any atom is 0.193 e. The third-order valence-corrected chi connectivity index (χ3v) is 5.04. The fourth-order valence-corrected chi connectivity index (χ4v) is 3.81. The van der Waals surface area contributed by atoms with Gasteiger partial charge in [0.2, 0.25) is 0 Å². The Hall–Kier alpha value is -3.45. The first-order chi connectivity index (χ1) is 12.8. The summed E-state index contributed by atoms with van der Waals surface area (Å²) in [5.74, 6) is 0.0599. The Morgan fingerprint density at radius 2 is 0.885 bits per heavy atom. The van der Waals surface area contributed by atoms with Crippen LogP contribution in [0, 0.1) is 0 Å². The maximum absolute atomic E-state index is 12.9. The second-order valence-electron chi connectivity index (χ2n) is 6.55. The zero-order valence-electron chi connectivity index (χ0n) is 14.1. The quantitative estimate of drug-likeness (QED) is 0.271. The van der Waals surface area contributed by atoms with Crippen molar-refractivity contribution in [2.75, 3.05) is 0 Å². The first-order valence-corrected chi connectivity index (χ1v) is 8.76. The third kappa shape index (κ3) is 2.21. The molecule has 0 fully saturated rings. The molecule has 0 atom stereocenters. The molecule has 0 aliphatic rings. The standard InChI is InChI=1S/C25H16O/c26-25(17-8-2-1-3-9-17)18-14-15-23-21-12-5-4-10-19(21)20-11-6-7-13-22(20)24(23)16-18/h1-16H. The van der Waals surface area contributed by atoms with Crippen LogP contribution < -0.4 is 0 Å². The molecule has 0 bridgehead atoms. The lowest BCUT2D eigenvalue weighted by molar-refractivity contribution is 0.103. The molecule has 5 aromatic rings. The number of ketones is 1. The second-order valence-corrected chi connectivity index (χ2v) is 6.55. The molecule has 0 amide bonds. The number of benzene rings is 5. The van der Waals surface area contributed by atoms with Gasteiger partial charge in [-0.15, -0.1) is 0 Å². The summed E-state index contributed by atoms with van der Waals surface area (Å²) in [4.78, 5) is 12.9. The summed E-state index contributed by atoms with van der Waals surface area (Å²) >= 11 is 0. The van der Waals surface area contributed by atoms with Crippen molar-refractivity contribution in [2.24, 2.45) is 0 Å². The second kappa shape index (κ2) is 5.82. The van der Waals surface area contributed by atoms with Crippen LogP contribution in [0.1, 0.15) is 15.9 Å². The molecular formula is C25H16O. The summed E-state index contributed by atoms with van der Waals surface area (Å²) in [5, 5.41) is 7.19. The van der Waals surface area contributed by atoms with E-state index in [-0.39, 0.29) is 5.78 Å². The van der Waals surface area contributed by atoms with Crippen LogP contribution in [0.15, 0.2) is 97.1 Å². The predicted octanol–water partition coefficient (Wildman–Crippen LogP) is 6.38. The van der Waals surface area contributed by atoms with Crippen molar-refractivity contribution in [1.29, 1.82) is 0 Å². The van der Waals surface area contributed by atoms with E-state index < -0.39 is 0 Å². The van der Waals surface area contributed by atoms with E-state index in [4.69, 9.17) is 0 Å². The molecule has 1 nitrogen and oxygen atoms in total. The Kier molecular flexibility index (Phi) is 3.32. The van der Waals surface area contributed by atoms with Crippen LogP contribution in [-0.4, -0.2) is 5.78 Å². The highest BCUT2D eigenvalue weighted by Gasteiger charge is 2.12. The summed E-state index contributed by atoms with van der Waals surface area (Å²) in [5.41, 5.74) is 1.45. The SMILES string of the molecule is O=C(c1ccccc1)c1ccc2c3ccccc3c3ccccc3c2c1. The van der Waals surface area contributed by atoms with Crippen LogP contribution in [0.5, 0.6) is 0 Å². The lowest BCUT2D eigenvalue weighted by atomic mass is 9.92. The minimum atomic E-state index is 0.0599. The normalized spacial score (nSPS) is 11.2. The summed E-state index contributed by atoms with van der Waals surface area (Å²) in [7, 11) is 0. The molecule has 0 spiro atoms. The molecule has 0 heterocycles. The van der Waals surface area contributed by atoms with Gasteiger partial charge in [0.25, 0.3) is 0 Å². The average Bonchev–Trinajstić information content (AvgIpc) is 2.74. The molecular weight excluding hydrogens is 316 g/mol. The molecule has 0 aliphatic heterocycles. The van der Waals surface area contributed by atoms with Crippen LogP contribution in [0.3, 0.4) is 0 Å². The molecule has 0 unspecified atom stereocenters. The molecule has 0 N–H and O–H groups in total. The summed E-state index contributed by atoms with van der Waals surface area (Å²) in [6.07, 6.45) is 0. The van der Waals surface area contributed by atoms with E-state index in [2.05, 4.69) is 54.6 Å². The number of carbonyl (C=O) groups excluding carboxylic acids is 1. The predicted molar refractivity (Wildman–Crippen MR) is 109 cm³/mol. The minimum absolute atomic E-state index is 0.0599. The molecule has 26 heavy (non-hydrogen) atoms. The molecule has 5 aromatic carbocycles. The van der Waals surface area contributed by atoms with Gasteiger partial charge in [0.15, 0.2) is 5.78 Å². The lowest BCUT2D eigenvalue weighted by Gasteiger charge is -2.11. The van der Waals surface area contributed by atoms with Gasteiger partial charge in [-0.25, -0.2) is 0 Å². The van der Waals surface area contributed by atoms with E-state index in [0.29, 0.717) is 0 Å². The summed E-state index contributed by atoms with van der Waals surface area (Å²) in [6.45, 7) is 0. The van der Waals surface area contributed by atoms with Crippen LogP contribution in [0.2, 0.25) is 0 Å². The van der Waals surface area contributed by atoms with Gasteiger partial charge in [-0.1, -0.05) is 91.0 Å².